The van der Waals surface area contributed by atoms with Crippen molar-refractivity contribution in [1.82, 2.24) is 5.32 Å². The Morgan fingerprint density at radius 1 is 1.21 bits per heavy atom. The summed E-state index contributed by atoms with van der Waals surface area (Å²) in [5, 5.41) is 4.01. The van der Waals surface area contributed by atoms with Gasteiger partial charge in [0, 0.05) is 16.6 Å². The van der Waals surface area contributed by atoms with Gasteiger partial charge >= 0.3 is 0 Å². The Morgan fingerprint density at radius 2 is 1.88 bits per heavy atom. The summed E-state index contributed by atoms with van der Waals surface area (Å²) in [6, 6.07) is 15.2. The molecular formula is C18H22Cl2N2OS. The van der Waals surface area contributed by atoms with Gasteiger partial charge in [-0.25, -0.2) is 0 Å². The van der Waals surface area contributed by atoms with Crippen molar-refractivity contribution >= 4 is 41.7 Å². The van der Waals surface area contributed by atoms with Gasteiger partial charge in [-0.2, -0.15) is 12.6 Å². The second kappa shape index (κ2) is 11.4. The summed E-state index contributed by atoms with van der Waals surface area (Å²) in [6.45, 7) is 2.62. The predicted octanol–water partition coefficient (Wildman–Crippen LogP) is 4.64. The zero-order valence-electron chi connectivity index (χ0n) is 13.5. The maximum absolute atomic E-state index is 11.3. The van der Waals surface area contributed by atoms with Gasteiger partial charge in [0.05, 0.1) is 11.8 Å². The molecule has 0 radical (unpaired) electrons. The lowest BCUT2D eigenvalue weighted by Gasteiger charge is -2.18. The second-order valence-corrected chi connectivity index (χ2v) is 6.20. The molecule has 130 valence electrons. The first-order valence-electron chi connectivity index (χ1n) is 7.61. The topological polar surface area (TPSA) is 55.1 Å². The van der Waals surface area contributed by atoms with Gasteiger partial charge in [0.15, 0.2) is 0 Å². The van der Waals surface area contributed by atoms with E-state index in [2.05, 4.69) is 17.9 Å². The summed E-state index contributed by atoms with van der Waals surface area (Å²) in [5.41, 5.74) is 7.42. The molecule has 0 aliphatic heterocycles. The number of thiol groups is 1. The molecule has 0 fully saturated rings. The van der Waals surface area contributed by atoms with E-state index in [4.69, 9.17) is 28.9 Å². The fourth-order valence-electron chi connectivity index (χ4n) is 2.04. The van der Waals surface area contributed by atoms with E-state index in [0.717, 1.165) is 12.0 Å². The molecule has 1 unspecified atom stereocenters. The molecule has 0 bridgehead atoms. The number of halogens is 2. The molecule has 24 heavy (non-hydrogen) atoms. The molecule has 0 saturated heterocycles. The monoisotopic (exact) mass is 384 g/mol. The van der Waals surface area contributed by atoms with Crippen LogP contribution in [0.2, 0.25) is 10.0 Å². The highest BCUT2D eigenvalue weighted by Gasteiger charge is 2.14. The molecular weight excluding hydrogens is 363 g/mol. The van der Waals surface area contributed by atoms with E-state index in [9.17, 15) is 4.79 Å². The summed E-state index contributed by atoms with van der Waals surface area (Å²) in [5.74, 6) is 0.0584. The third-order valence-electron chi connectivity index (χ3n) is 3.30. The minimum atomic E-state index is -0.110. The molecule has 0 heterocycles. The summed E-state index contributed by atoms with van der Waals surface area (Å²) in [4.78, 5) is 11.3. The third-order valence-corrected chi connectivity index (χ3v) is 4.15. The Hall–Kier alpha value is -1.20. The molecule has 1 atom stereocenters. The zero-order valence-corrected chi connectivity index (χ0v) is 15.9. The SMILES string of the molecule is CCC(NC(=O)CS)c1ccc(Cl)cc1Cl.NCc1ccccc1. The van der Waals surface area contributed by atoms with Crippen LogP contribution >= 0.6 is 35.8 Å². The van der Waals surface area contributed by atoms with Crippen molar-refractivity contribution in [2.24, 2.45) is 5.73 Å². The third kappa shape index (κ3) is 7.14. The number of rotatable bonds is 5. The molecule has 0 aliphatic rings. The molecule has 3 N–H and O–H groups in total. The van der Waals surface area contributed by atoms with Gasteiger partial charge in [-0.05, 0) is 29.7 Å². The predicted molar refractivity (Wildman–Crippen MR) is 106 cm³/mol. The first-order valence-corrected chi connectivity index (χ1v) is 8.99. The van der Waals surface area contributed by atoms with E-state index in [1.165, 1.54) is 5.56 Å². The molecule has 3 nitrogen and oxygen atoms in total. The number of nitrogens with one attached hydrogen (secondary N) is 1. The molecule has 6 heteroatoms. The summed E-state index contributed by atoms with van der Waals surface area (Å²) < 4.78 is 0. The highest BCUT2D eigenvalue weighted by atomic mass is 35.5. The minimum Gasteiger partial charge on any atom is -0.349 e. The average Bonchev–Trinajstić information content (AvgIpc) is 2.61. The molecule has 2 aromatic rings. The van der Waals surface area contributed by atoms with Crippen LogP contribution < -0.4 is 11.1 Å². The molecule has 2 aromatic carbocycles. The van der Waals surface area contributed by atoms with Gasteiger partial charge in [0.25, 0.3) is 0 Å². The van der Waals surface area contributed by atoms with Gasteiger partial charge in [0.2, 0.25) is 5.91 Å². The molecule has 0 aliphatic carbocycles. The van der Waals surface area contributed by atoms with Crippen molar-refractivity contribution in [3.8, 4) is 0 Å². The van der Waals surface area contributed by atoms with Crippen LogP contribution in [-0.2, 0) is 11.3 Å². The first-order chi connectivity index (χ1) is 11.5. The highest BCUT2D eigenvalue weighted by molar-refractivity contribution is 7.81. The standard InChI is InChI=1S/C11H13Cl2NOS.C7H9N/c1-2-10(14-11(15)6-16)8-4-3-7(12)5-9(8)13;8-6-7-4-2-1-3-5-7/h3-5,10,16H,2,6H2,1H3,(H,14,15);1-5H,6,8H2. The first kappa shape index (κ1) is 20.8. The van der Waals surface area contributed by atoms with E-state index >= 15 is 0 Å². The molecule has 0 spiro atoms. The fraction of sp³-hybridized carbons (Fsp3) is 0.278. The Kier molecular flexibility index (Phi) is 9.88. The number of hydrogen-bond acceptors (Lipinski definition) is 3. The summed E-state index contributed by atoms with van der Waals surface area (Å²) in [6.07, 6.45) is 0.765. The number of hydrogen-bond donors (Lipinski definition) is 3. The average molecular weight is 385 g/mol. The van der Waals surface area contributed by atoms with Gasteiger partial charge in [-0.1, -0.05) is 66.5 Å². The van der Waals surface area contributed by atoms with E-state index in [0.29, 0.717) is 16.6 Å². The lowest BCUT2D eigenvalue weighted by Crippen LogP contribution is -2.29. The summed E-state index contributed by atoms with van der Waals surface area (Å²) >= 11 is 15.8. The Labute approximate surface area is 158 Å². The molecule has 0 aromatic heterocycles. The van der Waals surface area contributed by atoms with E-state index in [-0.39, 0.29) is 17.7 Å². The Balaban J connectivity index is 0.000000300. The van der Waals surface area contributed by atoms with Crippen molar-refractivity contribution in [3.63, 3.8) is 0 Å². The zero-order chi connectivity index (χ0) is 17.9. The maximum Gasteiger partial charge on any atom is 0.230 e. The van der Waals surface area contributed by atoms with Crippen LogP contribution in [-0.4, -0.2) is 11.7 Å². The van der Waals surface area contributed by atoms with Gasteiger partial charge in [-0.15, -0.1) is 0 Å². The van der Waals surface area contributed by atoms with Crippen LogP contribution in [0.25, 0.3) is 0 Å². The van der Waals surface area contributed by atoms with E-state index in [1.807, 2.05) is 43.3 Å². The van der Waals surface area contributed by atoms with Crippen molar-refractivity contribution in [2.45, 2.75) is 25.9 Å². The number of benzene rings is 2. The summed E-state index contributed by atoms with van der Waals surface area (Å²) in [7, 11) is 0. The van der Waals surface area contributed by atoms with Crippen molar-refractivity contribution < 1.29 is 4.79 Å². The van der Waals surface area contributed by atoms with Gasteiger partial charge in [-0.3, -0.25) is 4.79 Å². The van der Waals surface area contributed by atoms with Crippen LogP contribution in [0.5, 0.6) is 0 Å². The normalized spacial score (nSPS) is 11.2. The molecule has 1 amide bonds. The fourth-order valence-corrected chi connectivity index (χ4v) is 2.67. The van der Waals surface area contributed by atoms with Crippen LogP contribution in [0.4, 0.5) is 0 Å². The van der Waals surface area contributed by atoms with Crippen molar-refractivity contribution in [3.05, 3.63) is 69.7 Å². The van der Waals surface area contributed by atoms with Gasteiger partial charge < -0.3 is 11.1 Å². The number of carbonyl (C=O) groups is 1. The van der Waals surface area contributed by atoms with Crippen LogP contribution in [0, 0.1) is 0 Å². The number of amides is 1. The number of carbonyl (C=O) groups excluding carboxylic acids is 1. The Morgan fingerprint density at radius 3 is 2.33 bits per heavy atom. The highest BCUT2D eigenvalue weighted by Crippen LogP contribution is 2.27. The van der Waals surface area contributed by atoms with Gasteiger partial charge in [0.1, 0.15) is 0 Å². The van der Waals surface area contributed by atoms with Crippen molar-refractivity contribution in [1.29, 1.82) is 0 Å². The van der Waals surface area contributed by atoms with E-state index in [1.54, 1.807) is 12.1 Å². The smallest absolute Gasteiger partial charge is 0.230 e. The quantitative estimate of drug-likeness (QED) is 0.657. The van der Waals surface area contributed by atoms with Crippen LogP contribution in [0.3, 0.4) is 0 Å². The largest absolute Gasteiger partial charge is 0.349 e. The molecule has 0 saturated carbocycles. The van der Waals surface area contributed by atoms with Crippen LogP contribution in [0.15, 0.2) is 48.5 Å². The Bertz CT molecular complexity index is 638. The second-order valence-electron chi connectivity index (χ2n) is 5.04. The lowest BCUT2D eigenvalue weighted by molar-refractivity contribution is -0.119. The number of nitrogens with two attached hydrogens (primary N) is 1. The van der Waals surface area contributed by atoms with Crippen molar-refractivity contribution in [2.75, 3.05) is 5.75 Å². The van der Waals surface area contributed by atoms with Crippen LogP contribution in [0.1, 0.15) is 30.5 Å². The molecule has 2 rings (SSSR count). The lowest BCUT2D eigenvalue weighted by atomic mass is 10.0. The maximum atomic E-state index is 11.3. The van der Waals surface area contributed by atoms with E-state index < -0.39 is 0 Å². The minimum absolute atomic E-state index is 0.0931.